The lowest BCUT2D eigenvalue weighted by atomic mass is 10.0. The number of aliphatic carboxylic acids is 2. The van der Waals surface area contributed by atoms with Crippen LogP contribution in [-0.2, 0) is 24.0 Å². The Hall–Kier alpha value is -5.55. The van der Waals surface area contributed by atoms with Crippen LogP contribution >= 0.6 is 0 Å². The molecule has 2 amide bonds. The fraction of sp³-hybridized carbons (Fsp3) is 0.472. The number of esters is 1. The molecule has 1 aliphatic rings. The van der Waals surface area contributed by atoms with Crippen LogP contribution in [0.4, 0.5) is 11.4 Å². The minimum Gasteiger partial charge on any atom is -0.494 e. The minimum atomic E-state index is -1.38. The number of carbonyl (C=O) groups excluding carboxylic acids is 3. The summed E-state index contributed by atoms with van der Waals surface area (Å²) in [6, 6.07) is 5.33. The summed E-state index contributed by atoms with van der Waals surface area (Å²) >= 11 is 0. The molecule has 17 heteroatoms. The second kappa shape index (κ2) is 20.5. The number of carboxylic acids is 2. The van der Waals surface area contributed by atoms with Gasteiger partial charge in [0.1, 0.15) is 22.9 Å². The highest BCUT2D eigenvalue weighted by atomic mass is 16.5. The van der Waals surface area contributed by atoms with Gasteiger partial charge >= 0.3 is 17.9 Å². The van der Waals surface area contributed by atoms with Crippen molar-refractivity contribution in [1.29, 1.82) is 0 Å². The van der Waals surface area contributed by atoms with Crippen LogP contribution < -0.4 is 39.1 Å². The van der Waals surface area contributed by atoms with Crippen molar-refractivity contribution in [2.45, 2.75) is 45.1 Å². The zero-order valence-electron chi connectivity index (χ0n) is 30.8. The molecule has 1 atom stereocenters. The van der Waals surface area contributed by atoms with Crippen molar-refractivity contribution in [2.24, 2.45) is 0 Å². The molecular weight excluding hydrogens is 696 g/mol. The summed E-state index contributed by atoms with van der Waals surface area (Å²) in [7, 11) is 7.21. The van der Waals surface area contributed by atoms with E-state index in [1.807, 2.05) is 9.80 Å². The molecule has 290 valence electrons. The number of hydrogen-bond donors (Lipinski definition) is 4. The molecule has 2 aromatic rings. The van der Waals surface area contributed by atoms with Crippen molar-refractivity contribution in [3.8, 4) is 34.5 Å². The predicted molar refractivity (Wildman–Crippen MR) is 192 cm³/mol. The average molecular weight is 745 g/mol. The Balaban J connectivity index is 1.66. The molecule has 4 N–H and O–H groups in total. The van der Waals surface area contributed by atoms with Gasteiger partial charge in [0, 0.05) is 68.9 Å². The van der Waals surface area contributed by atoms with E-state index in [1.165, 1.54) is 54.6 Å². The molecule has 1 fully saturated rings. The molecule has 0 aliphatic carbocycles. The van der Waals surface area contributed by atoms with E-state index in [4.69, 9.17) is 28.4 Å². The van der Waals surface area contributed by atoms with Gasteiger partial charge in [-0.1, -0.05) is 0 Å². The molecule has 0 bridgehead atoms. The van der Waals surface area contributed by atoms with Crippen LogP contribution in [0.25, 0.3) is 0 Å². The van der Waals surface area contributed by atoms with Crippen LogP contribution in [0, 0.1) is 0 Å². The third kappa shape index (κ3) is 12.3. The number of hydrogen-bond acceptors (Lipinski definition) is 13. The molecule has 0 spiro atoms. The maximum atomic E-state index is 13.0. The first-order chi connectivity index (χ1) is 25.3. The summed E-state index contributed by atoms with van der Waals surface area (Å²) in [4.78, 5) is 65.2. The molecule has 1 saturated heterocycles. The van der Waals surface area contributed by atoms with Gasteiger partial charge in [-0.3, -0.25) is 19.3 Å². The molecule has 53 heavy (non-hydrogen) atoms. The Labute approximate surface area is 307 Å². The van der Waals surface area contributed by atoms with E-state index in [-0.39, 0.29) is 59.7 Å². The van der Waals surface area contributed by atoms with Crippen molar-refractivity contribution >= 4 is 41.1 Å². The molecule has 0 saturated carbocycles. The number of nitrogens with zero attached hydrogens (tertiary/aromatic N) is 2. The molecular formula is C36H48N4O13. The largest absolute Gasteiger partial charge is 0.494 e. The van der Waals surface area contributed by atoms with Gasteiger partial charge in [0.25, 0.3) is 0 Å². The molecule has 1 unspecified atom stereocenters. The quantitative estimate of drug-likeness (QED) is 0.0924. The van der Waals surface area contributed by atoms with Gasteiger partial charge in [-0.05, 0) is 38.9 Å². The first-order valence-electron chi connectivity index (χ1n) is 16.8. The van der Waals surface area contributed by atoms with Gasteiger partial charge in [0.2, 0.25) is 17.6 Å². The van der Waals surface area contributed by atoms with Crippen molar-refractivity contribution in [2.75, 3.05) is 78.9 Å². The van der Waals surface area contributed by atoms with Crippen molar-refractivity contribution in [1.82, 2.24) is 9.80 Å². The summed E-state index contributed by atoms with van der Waals surface area (Å²) in [6.07, 6.45) is 2.32. The van der Waals surface area contributed by atoms with E-state index in [9.17, 15) is 34.2 Å². The van der Waals surface area contributed by atoms with E-state index in [0.29, 0.717) is 74.5 Å². The van der Waals surface area contributed by atoms with Gasteiger partial charge in [-0.2, -0.15) is 0 Å². The van der Waals surface area contributed by atoms with Crippen molar-refractivity contribution < 1.29 is 62.6 Å². The highest BCUT2D eigenvalue weighted by molar-refractivity contribution is 5.96. The number of methoxy groups -OCH3 is 5. The summed E-state index contributed by atoms with van der Waals surface area (Å²) in [5, 5.41) is 25.1. The van der Waals surface area contributed by atoms with Crippen LogP contribution in [0.5, 0.6) is 34.5 Å². The topological polar surface area (TPSA) is 212 Å². The van der Waals surface area contributed by atoms with Crippen LogP contribution in [0.2, 0.25) is 0 Å². The van der Waals surface area contributed by atoms with Gasteiger partial charge in [0.15, 0.2) is 11.5 Å². The normalized spacial score (nSPS) is 15.1. The smallest absolute Gasteiger partial charge is 0.333 e. The van der Waals surface area contributed by atoms with Gasteiger partial charge in [-0.25, -0.2) is 9.59 Å². The summed E-state index contributed by atoms with van der Waals surface area (Å²) in [5.74, 6) is -2.12. The Morgan fingerprint density at radius 1 is 0.774 bits per heavy atom. The Morgan fingerprint density at radius 2 is 1.34 bits per heavy atom. The number of carboxylic acid groups (broad SMARTS) is 2. The fourth-order valence-electron chi connectivity index (χ4n) is 6.02. The van der Waals surface area contributed by atoms with E-state index < -0.39 is 23.9 Å². The van der Waals surface area contributed by atoms with Gasteiger partial charge in [0.05, 0.1) is 47.2 Å². The second-order valence-electron chi connectivity index (χ2n) is 12.0. The number of benzene rings is 2. The first-order valence-corrected chi connectivity index (χ1v) is 16.8. The number of carbonyl (C=O) groups is 5. The van der Waals surface area contributed by atoms with Crippen LogP contribution in [-0.4, -0.2) is 124 Å². The van der Waals surface area contributed by atoms with Crippen molar-refractivity contribution in [3.63, 3.8) is 0 Å². The van der Waals surface area contributed by atoms with Gasteiger partial charge in [-0.15, -0.1) is 0 Å². The highest BCUT2D eigenvalue weighted by Gasteiger charge is 2.32. The first kappa shape index (κ1) is 41.9. The Bertz CT molecular complexity index is 1610. The van der Waals surface area contributed by atoms with E-state index in [1.54, 1.807) is 12.1 Å². The lowest BCUT2D eigenvalue weighted by Crippen LogP contribution is -2.45. The monoisotopic (exact) mass is 744 g/mol. The molecule has 1 aliphatic heterocycles. The molecule has 17 nitrogen and oxygen atoms in total. The lowest BCUT2D eigenvalue weighted by Gasteiger charge is -2.32. The number of ether oxygens (including phenoxy) is 6. The van der Waals surface area contributed by atoms with E-state index in [0.717, 1.165) is 0 Å². The van der Waals surface area contributed by atoms with E-state index in [2.05, 4.69) is 10.6 Å². The van der Waals surface area contributed by atoms with Crippen LogP contribution in [0.1, 0.15) is 39.0 Å². The second-order valence-corrected chi connectivity index (χ2v) is 12.0. The third-order valence-electron chi connectivity index (χ3n) is 8.36. The highest BCUT2D eigenvalue weighted by Crippen LogP contribution is 2.40. The Kier molecular flexibility index (Phi) is 16.2. The summed E-state index contributed by atoms with van der Waals surface area (Å²) < 4.78 is 31.9. The number of rotatable bonds is 19. The predicted octanol–water partition coefficient (Wildman–Crippen LogP) is 3.26. The minimum absolute atomic E-state index is 0.0979. The third-order valence-corrected chi connectivity index (χ3v) is 8.36. The van der Waals surface area contributed by atoms with Crippen molar-refractivity contribution in [3.05, 3.63) is 35.9 Å². The standard InChI is InChI=1S/C36H48N4O13/c1-22(41)53-24-18-27(48-2)34(28(19-24)49-3)38-32(43)10-7-12-39-13-9-15-40(26(21-39)25(36(46)47)20-33(44)45)14-8-11-31(42)37-23-16-29(50-4)35(52-6)30(17-23)51-5/h16-20,26H,7-15,21H2,1-6H3,(H,37,42)(H,38,43)(H,44,45)(H,46,47)/b25-20+. The zero-order chi connectivity index (χ0) is 39.1. The van der Waals surface area contributed by atoms with E-state index >= 15 is 0 Å². The van der Waals surface area contributed by atoms with Crippen LogP contribution in [0.15, 0.2) is 35.9 Å². The number of nitrogens with one attached hydrogen (secondary N) is 2. The zero-order valence-corrected chi connectivity index (χ0v) is 30.8. The van der Waals surface area contributed by atoms with Crippen LogP contribution in [0.3, 0.4) is 0 Å². The lowest BCUT2D eigenvalue weighted by molar-refractivity contribution is -0.135. The molecule has 0 radical (unpaired) electrons. The molecule has 2 aromatic carbocycles. The number of anilines is 2. The fourth-order valence-corrected chi connectivity index (χ4v) is 6.02. The molecule has 3 rings (SSSR count). The maximum absolute atomic E-state index is 13.0. The van der Waals surface area contributed by atoms with Gasteiger partial charge < -0.3 is 54.2 Å². The maximum Gasteiger partial charge on any atom is 0.333 e. The summed E-state index contributed by atoms with van der Waals surface area (Å²) in [6.45, 7) is 3.25. The molecule has 0 aromatic heterocycles. The number of amides is 2. The average Bonchev–Trinajstić information content (AvgIpc) is 3.31. The SMILES string of the molecule is COc1cc(OC(C)=O)cc(OC)c1NC(=O)CCCN1CCCN(CCCC(=O)Nc2cc(OC)c(OC)c(OC)c2)C(/C(=C\C(=O)O)C(=O)O)C1. The Morgan fingerprint density at radius 3 is 1.85 bits per heavy atom. The summed E-state index contributed by atoms with van der Waals surface area (Å²) in [5.41, 5.74) is 0.429. The molecule has 1 heterocycles.